The average molecular weight is 495 g/mol. The van der Waals surface area contributed by atoms with Crippen LogP contribution in [0.2, 0.25) is 0 Å². The predicted octanol–water partition coefficient (Wildman–Crippen LogP) is 3.75. The van der Waals surface area contributed by atoms with Gasteiger partial charge in [0.05, 0.1) is 37.0 Å². The summed E-state index contributed by atoms with van der Waals surface area (Å²) < 4.78 is 15.9. The number of carbonyl (C=O) groups excluding carboxylic acids is 4. The van der Waals surface area contributed by atoms with E-state index in [1.54, 1.807) is 55.5 Å². The van der Waals surface area contributed by atoms with Crippen molar-refractivity contribution in [2.24, 2.45) is 0 Å². The minimum Gasteiger partial charge on any atom is -0.493 e. The van der Waals surface area contributed by atoms with E-state index in [1.165, 1.54) is 13.2 Å². The standard InChI is InChI=1S/C25H22N2O7S/c1-3-33-25(31)18-12-15(13-27-23(29)16-8-4-5-9-17(16)24(27)30)35-22(18)26-21(28)14-34-20-11-7-6-10-19(20)32-2/h4-12H,3,13-14H2,1-2H3,(H,26,28). The van der Waals surface area contributed by atoms with Gasteiger partial charge in [0.25, 0.3) is 17.7 Å². The van der Waals surface area contributed by atoms with Crippen LogP contribution in [-0.2, 0) is 16.1 Å². The maximum Gasteiger partial charge on any atom is 0.341 e. The Bertz CT molecular complexity index is 1270. The van der Waals surface area contributed by atoms with Crippen molar-refractivity contribution in [1.29, 1.82) is 0 Å². The summed E-state index contributed by atoms with van der Waals surface area (Å²) in [6.45, 7) is 1.45. The molecule has 180 valence electrons. The lowest BCUT2D eigenvalue weighted by Gasteiger charge is -2.12. The number of ether oxygens (including phenoxy) is 3. The number of anilines is 1. The number of rotatable bonds is 9. The Morgan fingerprint density at radius 1 is 0.971 bits per heavy atom. The molecule has 1 aliphatic heterocycles. The molecule has 10 heteroatoms. The molecule has 0 fully saturated rings. The highest BCUT2D eigenvalue weighted by Gasteiger charge is 2.35. The number of carbonyl (C=O) groups is 4. The molecule has 4 rings (SSSR count). The van der Waals surface area contributed by atoms with Crippen molar-refractivity contribution in [3.8, 4) is 11.5 Å². The van der Waals surface area contributed by atoms with Gasteiger partial charge in [-0.15, -0.1) is 11.3 Å². The average Bonchev–Trinajstić information content (AvgIpc) is 3.37. The van der Waals surface area contributed by atoms with Crippen LogP contribution < -0.4 is 14.8 Å². The quantitative estimate of drug-likeness (QED) is 0.356. The van der Waals surface area contributed by atoms with Crippen molar-refractivity contribution >= 4 is 40.0 Å². The van der Waals surface area contributed by atoms with E-state index >= 15 is 0 Å². The molecule has 2 aromatic carbocycles. The first kappa shape index (κ1) is 24.0. The van der Waals surface area contributed by atoms with Gasteiger partial charge in [0.2, 0.25) is 0 Å². The molecule has 1 aliphatic rings. The van der Waals surface area contributed by atoms with E-state index < -0.39 is 23.7 Å². The number of hydrogen-bond donors (Lipinski definition) is 1. The van der Waals surface area contributed by atoms with Crippen molar-refractivity contribution < 1.29 is 33.4 Å². The van der Waals surface area contributed by atoms with Gasteiger partial charge in [0.15, 0.2) is 18.1 Å². The number of hydrogen-bond acceptors (Lipinski definition) is 8. The number of para-hydroxylation sites is 2. The summed E-state index contributed by atoms with van der Waals surface area (Å²) in [6.07, 6.45) is 0. The minimum absolute atomic E-state index is 0.0446. The largest absolute Gasteiger partial charge is 0.493 e. The van der Waals surface area contributed by atoms with E-state index in [2.05, 4.69) is 5.32 Å². The van der Waals surface area contributed by atoms with Gasteiger partial charge in [0.1, 0.15) is 5.00 Å². The number of fused-ring (bicyclic) bond motifs is 1. The van der Waals surface area contributed by atoms with Crippen molar-refractivity contribution in [3.63, 3.8) is 0 Å². The van der Waals surface area contributed by atoms with Gasteiger partial charge >= 0.3 is 5.97 Å². The monoisotopic (exact) mass is 494 g/mol. The number of imide groups is 1. The fourth-order valence-corrected chi connectivity index (χ4v) is 4.61. The smallest absolute Gasteiger partial charge is 0.341 e. The molecular formula is C25H22N2O7S. The fraction of sp³-hybridized carbons (Fsp3) is 0.200. The molecule has 3 amide bonds. The highest BCUT2D eigenvalue weighted by molar-refractivity contribution is 7.16. The zero-order chi connectivity index (χ0) is 24.9. The Hall–Kier alpha value is -4.18. The highest BCUT2D eigenvalue weighted by atomic mass is 32.1. The first-order valence-corrected chi connectivity index (χ1v) is 11.5. The molecule has 0 atom stereocenters. The highest BCUT2D eigenvalue weighted by Crippen LogP contribution is 2.32. The predicted molar refractivity (Wildman–Crippen MR) is 128 cm³/mol. The number of amides is 3. The topological polar surface area (TPSA) is 111 Å². The lowest BCUT2D eigenvalue weighted by molar-refractivity contribution is -0.118. The summed E-state index contributed by atoms with van der Waals surface area (Å²) in [5.41, 5.74) is 0.803. The van der Waals surface area contributed by atoms with Crippen LogP contribution in [0.3, 0.4) is 0 Å². The van der Waals surface area contributed by atoms with Crippen LogP contribution in [0.1, 0.15) is 42.9 Å². The van der Waals surface area contributed by atoms with Gasteiger partial charge in [-0.3, -0.25) is 19.3 Å². The molecule has 0 spiro atoms. The second-order valence-electron chi connectivity index (χ2n) is 7.41. The van der Waals surface area contributed by atoms with Crippen LogP contribution in [0.4, 0.5) is 5.00 Å². The molecule has 0 saturated heterocycles. The van der Waals surface area contributed by atoms with Gasteiger partial charge < -0.3 is 19.5 Å². The SMILES string of the molecule is CCOC(=O)c1cc(CN2C(=O)c3ccccc3C2=O)sc1NC(=O)COc1ccccc1OC. The van der Waals surface area contributed by atoms with Crippen LogP contribution >= 0.6 is 11.3 Å². The first-order chi connectivity index (χ1) is 16.9. The lowest BCUT2D eigenvalue weighted by Crippen LogP contribution is -2.28. The molecular weight excluding hydrogens is 472 g/mol. The Labute approximate surface area is 205 Å². The van der Waals surface area contributed by atoms with Crippen LogP contribution in [-0.4, -0.2) is 48.9 Å². The van der Waals surface area contributed by atoms with Crippen LogP contribution in [0, 0.1) is 0 Å². The number of methoxy groups -OCH3 is 1. The summed E-state index contributed by atoms with van der Waals surface area (Å²) >= 11 is 1.08. The molecule has 1 N–H and O–H groups in total. The van der Waals surface area contributed by atoms with E-state index in [0.29, 0.717) is 27.5 Å². The maximum absolute atomic E-state index is 12.7. The van der Waals surface area contributed by atoms with Gasteiger partial charge in [-0.05, 0) is 37.3 Å². The summed E-state index contributed by atoms with van der Waals surface area (Å²) in [7, 11) is 1.50. The van der Waals surface area contributed by atoms with E-state index in [9.17, 15) is 19.2 Å². The normalized spacial score (nSPS) is 12.3. The van der Waals surface area contributed by atoms with Crippen molar-refractivity contribution in [3.05, 3.63) is 76.2 Å². The fourth-order valence-electron chi connectivity index (χ4n) is 3.56. The third-order valence-corrected chi connectivity index (χ3v) is 6.19. The third kappa shape index (κ3) is 5.02. The van der Waals surface area contributed by atoms with E-state index in [4.69, 9.17) is 14.2 Å². The number of esters is 1. The number of nitrogens with zero attached hydrogens (tertiary/aromatic N) is 1. The Kier molecular flexibility index (Phi) is 7.11. The van der Waals surface area contributed by atoms with Crippen LogP contribution in [0.25, 0.3) is 0 Å². The molecule has 0 unspecified atom stereocenters. The maximum atomic E-state index is 12.7. The molecule has 3 aromatic rings. The van der Waals surface area contributed by atoms with Crippen LogP contribution in [0.15, 0.2) is 54.6 Å². The van der Waals surface area contributed by atoms with Crippen molar-refractivity contribution in [2.75, 3.05) is 25.6 Å². The van der Waals surface area contributed by atoms with Gasteiger partial charge in [0, 0.05) is 4.88 Å². The van der Waals surface area contributed by atoms with Gasteiger partial charge in [-0.2, -0.15) is 0 Å². The van der Waals surface area contributed by atoms with Crippen molar-refractivity contribution in [1.82, 2.24) is 4.90 Å². The lowest BCUT2D eigenvalue weighted by atomic mass is 10.1. The molecule has 9 nitrogen and oxygen atoms in total. The number of nitrogens with one attached hydrogen (secondary N) is 1. The summed E-state index contributed by atoms with van der Waals surface area (Å²) in [5.74, 6) is -1.08. The van der Waals surface area contributed by atoms with E-state index in [-0.39, 0.29) is 30.3 Å². The number of thiophene rings is 1. The molecule has 0 bridgehead atoms. The minimum atomic E-state index is -0.627. The second kappa shape index (κ2) is 10.4. The van der Waals surface area contributed by atoms with Crippen molar-refractivity contribution in [2.45, 2.75) is 13.5 Å². The van der Waals surface area contributed by atoms with E-state index in [0.717, 1.165) is 16.2 Å². The van der Waals surface area contributed by atoms with E-state index in [1.807, 2.05) is 0 Å². The molecule has 35 heavy (non-hydrogen) atoms. The second-order valence-corrected chi connectivity index (χ2v) is 8.54. The zero-order valence-corrected chi connectivity index (χ0v) is 19.8. The molecule has 0 radical (unpaired) electrons. The van der Waals surface area contributed by atoms with Gasteiger partial charge in [-0.1, -0.05) is 24.3 Å². The molecule has 0 aliphatic carbocycles. The molecule has 1 aromatic heterocycles. The summed E-state index contributed by atoms with van der Waals surface area (Å²) in [4.78, 5) is 52.2. The summed E-state index contributed by atoms with van der Waals surface area (Å²) in [6, 6.07) is 15.0. The Morgan fingerprint density at radius 3 is 2.23 bits per heavy atom. The Balaban J connectivity index is 1.51. The Morgan fingerprint density at radius 2 is 1.60 bits per heavy atom. The number of benzene rings is 2. The summed E-state index contributed by atoms with van der Waals surface area (Å²) in [5, 5.41) is 2.91. The van der Waals surface area contributed by atoms with Crippen LogP contribution in [0.5, 0.6) is 11.5 Å². The molecule has 2 heterocycles. The first-order valence-electron chi connectivity index (χ1n) is 10.7. The third-order valence-electron chi connectivity index (χ3n) is 5.15. The molecule has 0 saturated carbocycles. The van der Waals surface area contributed by atoms with Gasteiger partial charge in [-0.25, -0.2) is 4.79 Å². The zero-order valence-electron chi connectivity index (χ0n) is 19.0.